The maximum atomic E-state index is 6.87. The van der Waals surface area contributed by atoms with Gasteiger partial charge in [-0.05, 0) is 116 Å². The minimum atomic E-state index is -0.548. The fraction of sp³-hybridized carbons (Fsp3) is 0.0175. The van der Waals surface area contributed by atoms with Gasteiger partial charge in [0.2, 0.25) is 0 Å². The second-order valence-electron chi connectivity index (χ2n) is 15.9. The zero-order valence-electron chi connectivity index (χ0n) is 32.9. The van der Waals surface area contributed by atoms with E-state index in [9.17, 15) is 0 Å². The number of furan rings is 1. The number of hydrogen-bond acceptors (Lipinski definition) is 4. The number of nitrogens with zero attached hydrogens (tertiary/aromatic N) is 1. The topological polar surface area (TPSA) is 16.4 Å². The summed E-state index contributed by atoms with van der Waals surface area (Å²) < 4.78 is 9.26. The monoisotopic (exact) mass is 813 g/mol. The first-order chi connectivity index (χ1) is 30.3. The molecule has 1 aliphatic heterocycles. The molecule has 0 atom stereocenters. The van der Waals surface area contributed by atoms with Crippen LogP contribution < -0.4 is 4.90 Å². The Labute approximate surface area is 362 Å². The second-order valence-corrected chi connectivity index (χ2v) is 18.0. The minimum Gasteiger partial charge on any atom is -0.454 e. The highest BCUT2D eigenvalue weighted by molar-refractivity contribution is 7.99. The zero-order chi connectivity index (χ0) is 40.1. The molecule has 1 aliphatic carbocycles. The molecule has 0 radical (unpaired) electrons. The lowest BCUT2D eigenvalue weighted by Gasteiger charge is -2.40. The van der Waals surface area contributed by atoms with Crippen LogP contribution in [0.5, 0.6) is 0 Å². The third-order valence-corrected chi connectivity index (χ3v) is 15.1. The van der Waals surface area contributed by atoms with Crippen molar-refractivity contribution in [3.05, 3.63) is 235 Å². The van der Waals surface area contributed by atoms with Crippen LogP contribution in [0, 0.1) is 0 Å². The molecule has 286 valence electrons. The number of benzene rings is 9. The highest BCUT2D eigenvalue weighted by Gasteiger charge is 2.50. The lowest BCUT2D eigenvalue weighted by molar-refractivity contribution is 0.673. The Morgan fingerprint density at radius 3 is 1.74 bits per heavy atom. The molecular formula is C57H35NOS2. The van der Waals surface area contributed by atoms with Gasteiger partial charge in [-0.2, -0.15) is 0 Å². The molecule has 3 heterocycles. The fourth-order valence-corrected chi connectivity index (χ4v) is 12.7. The summed E-state index contributed by atoms with van der Waals surface area (Å²) >= 11 is 3.71. The molecule has 61 heavy (non-hydrogen) atoms. The fourth-order valence-electron chi connectivity index (χ4n) is 10.2. The van der Waals surface area contributed by atoms with Crippen LogP contribution in [0.1, 0.15) is 22.3 Å². The van der Waals surface area contributed by atoms with Crippen molar-refractivity contribution in [1.82, 2.24) is 0 Å². The van der Waals surface area contributed by atoms with Crippen LogP contribution >= 0.6 is 23.1 Å². The molecule has 0 N–H and O–H groups in total. The predicted octanol–water partition coefficient (Wildman–Crippen LogP) is 16.4. The van der Waals surface area contributed by atoms with Crippen LogP contribution in [0.2, 0.25) is 0 Å². The van der Waals surface area contributed by atoms with Crippen molar-refractivity contribution >= 4 is 71.5 Å². The van der Waals surface area contributed by atoms with Crippen molar-refractivity contribution in [1.29, 1.82) is 0 Å². The molecule has 0 unspecified atom stereocenters. The van der Waals surface area contributed by atoms with E-state index in [0.29, 0.717) is 0 Å². The number of thiophene rings is 1. The first-order valence-corrected chi connectivity index (χ1v) is 22.4. The lowest BCUT2D eigenvalue weighted by atomic mass is 9.67. The Bertz CT molecular complexity index is 3470. The van der Waals surface area contributed by atoms with Gasteiger partial charge < -0.3 is 9.32 Å². The third-order valence-electron chi connectivity index (χ3n) is 12.7. The Balaban J connectivity index is 1.12. The number of para-hydroxylation sites is 2. The molecule has 11 aromatic rings. The summed E-state index contributed by atoms with van der Waals surface area (Å²) in [5.41, 5.74) is 17.2. The Hall–Kier alpha value is -7.11. The quantitative estimate of drug-likeness (QED) is 0.172. The van der Waals surface area contributed by atoms with Crippen molar-refractivity contribution in [2.24, 2.45) is 0 Å². The summed E-state index contributed by atoms with van der Waals surface area (Å²) in [6.07, 6.45) is 0. The Kier molecular flexibility index (Phi) is 7.66. The van der Waals surface area contributed by atoms with Gasteiger partial charge in [-0.1, -0.05) is 163 Å². The van der Waals surface area contributed by atoms with Crippen molar-refractivity contribution in [3.8, 4) is 33.4 Å². The van der Waals surface area contributed by atoms with Crippen LogP contribution in [0.3, 0.4) is 0 Å². The summed E-state index contributed by atoms with van der Waals surface area (Å²) in [7, 11) is 0. The van der Waals surface area contributed by atoms with E-state index in [-0.39, 0.29) is 0 Å². The Morgan fingerprint density at radius 1 is 0.410 bits per heavy atom. The predicted molar refractivity (Wildman–Crippen MR) is 256 cm³/mol. The van der Waals surface area contributed by atoms with Crippen LogP contribution in [0.15, 0.2) is 227 Å². The van der Waals surface area contributed by atoms with Gasteiger partial charge in [0.25, 0.3) is 0 Å². The maximum Gasteiger partial charge on any atom is 0.156 e. The summed E-state index contributed by atoms with van der Waals surface area (Å²) in [4.78, 5) is 5.04. The molecule has 0 saturated heterocycles. The van der Waals surface area contributed by atoms with E-state index in [1.165, 1.54) is 74.8 Å². The molecule has 0 amide bonds. The summed E-state index contributed by atoms with van der Waals surface area (Å²) in [5.74, 6) is 0. The van der Waals surface area contributed by atoms with Gasteiger partial charge in [-0.25, -0.2) is 0 Å². The molecule has 1 spiro atoms. The average Bonchev–Trinajstić information content (AvgIpc) is 3.97. The zero-order valence-corrected chi connectivity index (χ0v) is 34.5. The van der Waals surface area contributed by atoms with Gasteiger partial charge in [-0.15, -0.1) is 11.3 Å². The molecule has 0 bridgehead atoms. The van der Waals surface area contributed by atoms with Gasteiger partial charge in [0.15, 0.2) is 5.58 Å². The van der Waals surface area contributed by atoms with E-state index >= 15 is 0 Å². The van der Waals surface area contributed by atoms with Crippen LogP contribution in [0.4, 0.5) is 17.1 Å². The van der Waals surface area contributed by atoms with E-state index in [4.69, 9.17) is 4.42 Å². The molecule has 0 fully saturated rings. The molecular weight excluding hydrogens is 779 g/mol. The van der Waals surface area contributed by atoms with Gasteiger partial charge in [-0.3, -0.25) is 0 Å². The van der Waals surface area contributed by atoms with Gasteiger partial charge >= 0.3 is 0 Å². The second kappa shape index (κ2) is 13.5. The smallest absolute Gasteiger partial charge is 0.156 e. The molecule has 9 aromatic carbocycles. The van der Waals surface area contributed by atoms with Gasteiger partial charge in [0, 0.05) is 31.3 Å². The van der Waals surface area contributed by atoms with Crippen molar-refractivity contribution < 1.29 is 4.42 Å². The average molecular weight is 814 g/mol. The van der Waals surface area contributed by atoms with Crippen molar-refractivity contribution in [3.63, 3.8) is 0 Å². The van der Waals surface area contributed by atoms with Crippen LogP contribution in [0.25, 0.3) is 64.7 Å². The lowest BCUT2D eigenvalue weighted by Crippen LogP contribution is -2.32. The molecule has 2 aromatic heterocycles. The summed E-state index contributed by atoms with van der Waals surface area (Å²) in [6.45, 7) is 0. The number of anilines is 3. The van der Waals surface area contributed by atoms with Crippen molar-refractivity contribution in [2.75, 3.05) is 4.90 Å². The standard InChI is InChI=1S/C57H35NOS2/c1-4-16-36(17-5-1)38-28-30-42-43-31-29-40(35-48(43)57(47(42)34-38)45-23-11-14-26-51(45)60-52-27-15-12-24-46(52)57)58(39-20-8-3-9-21-39)49-33-32-41(37-18-6-2-7-19-37)55-53(49)54-56(61-55)44-22-10-13-25-50(44)59-54/h1-35H. The number of hydrogen-bond donors (Lipinski definition) is 0. The van der Waals surface area contributed by atoms with Crippen LogP contribution in [-0.2, 0) is 5.41 Å². The van der Waals surface area contributed by atoms with Crippen LogP contribution in [-0.4, -0.2) is 0 Å². The largest absolute Gasteiger partial charge is 0.454 e. The van der Waals surface area contributed by atoms with E-state index in [1.54, 1.807) is 0 Å². The molecule has 0 saturated carbocycles. The highest BCUT2D eigenvalue weighted by Crippen LogP contribution is 2.63. The molecule has 4 heteroatoms. The first kappa shape index (κ1) is 34.7. The van der Waals surface area contributed by atoms with Gasteiger partial charge in [0.05, 0.1) is 21.2 Å². The maximum absolute atomic E-state index is 6.87. The molecule has 2 nitrogen and oxygen atoms in total. The molecule has 13 rings (SSSR count). The Morgan fingerprint density at radius 2 is 1.00 bits per heavy atom. The summed E-state index contributed by atoms with van der Waals surface area (Å²) in [5, 5.41) is 2.27. The normalized spacial score (nSPS) is 13.3. The van der Waals surface area contributed by atoms with Gasteiger partial charge in [0.1, 0.15) is 5.58 Å². The van der Waals surface area contributed by atoms with E-state index < -0.39 is 5.41 Å². The number of fused-ring (bicyclic) bond motifs is 14. The first-order valence-electron chi connectivity index (χ1n) is 20.7. The highest BCUT2D eigenvalue weighted by atomic mass is 32.2. The molecule has 2 aliphatic rings. The summed E-state index contributed by atoms with van der Waals surface area (Å²) in [6, 6.07) is 77.9. The third kappa shape index (κ3) is 5.04. The SMILES string of the molecule is c1ccc(-c2ccc3c(c2)C2(c4ccccc4Sc4ccccc42)c2cc(N(c4ccccc4)c4ccc(-c5ccccc5)c5sc6c7ccccc7oc6c45)ccc2-3)cc1. The van der Waals surface area contributed by atoms with E-state index in [0.717, 1.165) is 39.0 Å². The minimum absolute atomic E-state index is 0.548. The van der Waals surface area contributed by atoms with E-state index in [1.807, 2.05) is 23.1 Å². The number of rotatable bonds is 5. The van der Waals surface area contributed by atoms with Crippen molar-refractivity contribution in [2.45, 2.75) is 15.2 Å². The van der Waals surface area contributed by atoms with E-state index in [2.05, 4.69) is 217 Å².